The molecule has 1 heterocycles. The van der Waals surface area contributed by atoms with E-state index in [0.29, 0.717) is 11.7 Å². The zero-order chi connectivity index (χ0) is 12.5. The van der Waals surface area contributed by atoms with E-state index < -0.39 is 0 Å². The number of carbonyl (C=O) groups is 1. The second-order valence-electron chi connectivity index (χ2n) is 5.91. The van der Waals surface area contributed by atoms with Crippen LogP contribution < -0.4 is 0 Å². The van der Waals surface area contributed by atoms with Gasteiger partial charge in [0, 0.05) is 10.8 Å². The van der Waals surface area contributed by atoms with Crippen LogP contribution >= 0.6 is 11.3 Å². The Morgan fingerprint density at radius 1 is 1.33 bits per heavy atom. The molecule has 0 amide bonds. The molecule has 2 unspecified atom stereocenters. The normalized spacial score (nSPS) is 27.2. The number of hydrogen-bond acceptors (Lipinski definition) is 2. The Hall–Kier alpha value is -0.630. The van der Waals surface area contributed by atoms with Crippen molar-refractivity contribution in [2.45, 2.75) is 58.3 Å². The van der Waals surface area contributed by atoms with Gasteiger partial charge in [-0.15, -0.1) is 11.3 Å². The van der Waals surface area contributed by atoms with Crippen molar-refractivity contribution in [2.75, 3.05) is 0 Å². The molecule has 18 heavy (non-hydrogen) atoms. The lowest BCUT2D eigenvalue weighted by Gasteiger charge is -2.27. The van der Waals surface area contributed by atoms with Crippen LogP contribution in [0.5, 0.6) is 0 Å². The van der Waals surface area contributed by atoms with Crippen molar-refractivity contribution in [1.29, 1.82) is 0 Å². The molecule has 2 aliphatic rings. The third-order valence-corrected chi connectivity index (χ3v) is 5.97. The highest BCUT2D eigenvalue weighted by Crippen LogP contribution is 2.36. The molecule has 0 N–H and O–H groups in total. The van der Waals surface area contributed by atoms with Gasteiger partial charge in [0.05, 0.1) is 4.88 Å². The van der Waals surface area contributed by atoms with Crippen LogP contribution in [0.2, 0.25) is 0 Å². The van der Waals surface area contributed by atoms with Gasteiger partial charge < -0.3 is 0 Å². The minimum absolute atomic E-state index is 0.322. The highest BCUT2D eigenvalue weighted by Gasteiger charge is 2.29. The fourth-order valence-corrected chi connectivity index (χ4v) is 4.82. The lowest BCUT2D eigenvalue weighted by atomic mass is 9.78. The summed E-state index contributed by atoms with van der Waals surface area (Å²) in [5, 5.41) is 0. The molecule has 98 valence electrons. The summed E-state index contributed by atoms with van der Waals surface area (Å²) in [5.41, 5.74) is 1.46. The van der Waals surface area contributed by atoms with Crippen molar-refractivity contribution in [3.8, 4) is 0 Å². The molecule has 1 saturated carbocycles. The minimum Gasteiger partial charge on any atom is -0.293 e. The highest BCUT2D eigenvalue weighted by atomic mass is 32.1. The van der Waals surface area contributed by atoms with Crippen LogP contribution in [-0.2, 0) is 12.8 Å². The molecule has 1 fully saturated rings. The Balaban J connectivity index is 1.73. The number of fused-ring (bicyclic) bond motifs is 1. The molecule has 2 atom stereocenters. The van der Waals surface area contributed by atoms with Gasteiger partial charge in [0.2, 0.25) is 0 Å². The molecule has 2 heteroatoms. The molecular weight excluding hydrogens is 240 g/mol. The fourth-order valence-electron chi connectivity index (χ4n) is 3.55. The fraction of sp³-hybridized carbons (Fsp3) is 0.688. The van der Waals surface area contributed by atoms with E-state index in [1.165, 1.54) is 49.0 Å². The number of rotatable bonds is 3. The highest BCUT2D eigenvalue weighted by molar-refractivity contribution is 7.14. The molecule has 0 spiro atoms. The summed E-state index contributed by atoms with van der Waals surface area (Å²) in [6.07, 6.45) is 9.77. The topological polar surface area (TPSA) is 17.1 Å². The first kappa shape index (κ1) is 12.4. The van der Waals surface area contributed by atoms with E-state index in [-0.39, 0.29) is 0 Å². The van der Waals surface area contributed by atoms with Crippen molar-refractivity contribution in [3.05, 3.63) is 21.4 Å². The molecule has 0 aromatic carbocycles. The Bertz CT molecular complexity index is 424. The number of Topliss-reactive ketones (excluding diaryl/α,β-unsaturated/α-hetero) is 1. The maximum Gasteiger partial charge on any atom is 0.175 e. The standard InChI is InChI=1S/C16H22OS/c1-2-11-5-3-7-13(9-11)16(17)15-10-12-6-4-8-14(12)18-15/h10-11,13H,2-9H2,1H3. The molecule has 1 nitrogen and oxygen atoms in total. The Kier molecular flexibility index (Phi) is 3.56. The van der Waals surface area contributed by atoms with E-state index in [0.717, 1.165) is 23.6 Å². The molecule has 0 aliphatic heterocycles. The lowest BCUT2D eigenvalue weighted by molar-refractivity contribution is 0.0866. The van der Waals surface area contributed by atoms with E-state index in [2.05, 4.69) is 13.0 Å². The van der Waals surface area contributed by atoms with Crippen LogP contribution in [0.3, 0.4) is 0 Å². The second-order valence-corrected chi connectivity index (χ2v) is 7.05. The van der Waals surface area contributed by atoms with Gasteiger partial charge in [0.25, 0.3) is 0 Å². The smallest absolute Gasteiger partial charge is 0.175 e. The quantitative estimate of drug-likeness (QED) is 0.725. The maximum absolute atomic E-state index is 12.6. The summed E-state index contributed by atoms with van der Waals surface area (Å²) in [4.78, 5) is 15.1. The molecule has 0 radical (unpaired) electrons. The lowest BCUT2D eigenvalue weighted by Crippen LogP contribution is -2.22. The van der Waals surface area contributed by atoms with Crippen LogP contribution in [0.4, 0.5) is 0 Å². The van der Waals surface area contributed by atoms with Crippen LogP contribution in [0.15, 0.2) is 6.07 Å². The van der Waals surface area contributed by atoms with Gasteiger partial charge in [-0.05, 0) is 49.7 Å². The largest absolute Gasteiger partial charge is 0.293 e. The van der Waals surface area contributed by atoms with E-state index in [1.54, 1.807) is 11.3 Å². The van der Waals surface area contributed by atoms with Crippen molar-refractivity contribution in [3.63, 3.8) is 0 Å². The molecule has 1 aromatic rings. The number of carbonyl (C=O) groups excluding carboxylic acids is 1. The monoisotopic (exact) mass is 262 g/mol. The van der Waals surface area contributed by atoms with Gasteiger partial charge in [-0.25, -0.2) is 0 Å². The second kappa shape index (κ2) is 5.16. The number of thiophene rings is 1. The van der Waals surface area contributed by atoms with Gasteiger partial charge in [-0.2, -0.15) is 0 Å². The van der Waals surface area contributed by atoms with Gasteiger partial charge in [0.15, 0.2) is 5.78 Å². The molecule has 0 saturated heterocycles. The summed E-state index contributed by atoms with van der Waals surface area (Å²) in [6, 6.07) is 2.20. The van der Waals surface area contributed by atoms with Crippen molar-refractivity contribution >= 4 is 17.1 Å². The number of aryl methyl sites for hydroxylation is 2. The van der Waals surface area contributed by atoms with Crippen molar-refractivity contribution < 1.29 is 4.79 Å². The van der Waals surface area contributed by atoms with E-state index >= 15 is 0 Å². The number of ketones is 1. The zero-order valence-electron chi connectivity index (χ0n) is 11.2. The average Bonchev–Trinajstić information content (AvgIpc) is 2.98. The molecule has 1 aromatic heterocycles. The van der Waals surface area contributed by atoms with E-state index in [9.17, 15) is 4.79 Å². The van der Waals surface area contributed by atoms with Gasteiger partial charge in [0.1, 0.15) is 0 Å². The van der Waals surface area contributed by atoms with E-state index in [4.69, 9.17) is 0 Å². The first-order valence-corrected chi connectivity index (χ1v) is 8.25. The Morgan fingerprint density at radius 3 is 3.00 bits per heavy atom. The molecule has 2 aliphatic carbocycles. The summed E-state index contributed by atoms with van der Waals surface area (Å²) in [6.45, 7) is 2.26. The molecular formula is C16H22OS. The van der Waals surface area contributed by atoms with Crippen molar-refractivity contribution in [1.82, 2.24) is 0 Å². The minimum atomic E-state index is 0.322. The van der Waals surface area contributed by atoms with Gasteiger partial charge in [-0.1, -0.05) is 26.2 Å². The van der Waals surface area contributed by atoms with Gasteiger partial charge >= 0.3 is 0 Å². The van der Waals surface area contributed by atoms with Crippen LogP contribution in [0.1, 0.15) is 65.6 Å². The van der Waals surface area contributed by atoms with Crippen LogP contribution in [0, 0.1) is 11.8 Å². The first-order chi connectivity index (χ1) is 8.78. The van der Waals surface area contributed by atoms with E-state index in [1.807, 2.05) is 0 Å². The summed E-state index contributed by atoms with van der Waals surface area (Å²) >= 11 is 1.78. The molecule has 3 rings (SSSR count). The van der Waals surface area contributed by atoms with Gasteiger partial charge in [-0.3, -0.25) is 4.79 Å². The zero-order valence-corrected chi connectivity index (χ0v) is 12.0. The SMILES string of the molecule is CCC1CCCC(C(=O)c2cc3c(s2)CCC3)C1. The summed E-state index contributed by atoms with van der Waals surface area (Å²) in [5.74, 6) is 1.56. The molecule has 0 bridgehead atoms. The van der Waals surface area contributed by atoms with Crippen LogP contribution in [-0.4, -0.2) is 5.78 Å². The first-order valence-electron chi connectivity index (χ1n) is 7.43. The predicted molar refractivity (Wildman–Crippen MR) is 76.4 cm³/mol. The third kappa shape index (κ3) is 2.27. The van der Waals surface area contributed by atoms with Crippen LogP contribution in [0.25, 0.3) is 0 Å². The Labute approximate surface area is 114 Å². The average molecular weight is 262 g/mol. The van der Waals surface area contributed by atoms with Crippen molar-refractivity contribution in [2.24, 2.45) is 11.8 Å². The number of hydrogen-bond donors (Lipinski definition) is 0. The third-order valence-electron chi connectivity index (χ3n) is 4.72. The summed E-state index contributed by atoms with van der Waals surface area (Å²) in [7, 11) is 0. The maximum atomic E-state index is 12.6. The Morgan fingerprint density at radius 2 is 2.22 bits per heavy atom. The predicted octanol–water partition coefficient (Wildman–Crippen LogP) is 4.64. The summed E-state index contributed by atoms with van der Waals surface area (Å²) < 4.78 is 0.